The van der Waals surface area contributed by atoms with Gasteiger partial charge in [-0.2, -0.15) is 4.31 Å². The number of nitrogens with zero attached hydrogens (tertiary/aromatic N) is 5. The van der Waals surface area contributed by atoms with Crippen LogP contribution in [-0.2, 0) is 10.0 Å². The molecule has 5 rings (SSSR count). The smallest absolute Gasteiger partial charge is 0.243 e. The molecule has 1 aliphatic heterocycles. The van der Waals surface area contributed by atoms with Gasteiger partial charge >= 0.3 is 0 Å². The molecular formula is C25H23N5O3S. The number of anilines is 1. The number of sulfonamides is 1. The Kier molecular flexibility index (Phi) is 6.20. The molecule has 8 nitrogen and oxygen atoms in total. The molecule has 3 heterocycles. The van der Waals surface area contributed by atoms with Gasteiger partial charge in [-0.1, -0.05) is 24.3 Å². The quantitative estimate of drug-likeness (QED) is 0.420. The number of pyridine rings is 1. The van der Waals surface area contributed by atoms with Gasteiger partial charge in [0, 0.05) is 32.4 Å². The van der Waals surface area contributed by atoms with Crippen LogP contribution in [0, 0.1) is 0 Å². The maximum Gasteiger partial charge on any atom is 0.243 e. The Labute approximate surface area is 198 Å². The third kappa shape index (κ3) is 4.75. The highest BCUT2D eigenvalue weighted by Crippen LogP contribution is 2.25. The third-order valence-corrected chi connectivity index (χ3v) is 7.49. The van der Waals surface area contributed by atoms with Crippen molar-refractivity contribution in [3.8, 4) is 22.9 Å². The number of piperazine rings is 1. The van der Waals surface area contributed by atoms with E-state index in [0.717, 1.165) is 11.5 Å². The molecule has 0 aliphatic carbocycles. The maximum atomic E-state index is 13.1. The molecule has 0 saturated carbocycles. The molecule has 1 saturated heterocycles. The van der Waals surface area contributed by atoms with Crippen LogP contribution in [0.5, 0.6) is 11.5 Å². The lowest BCUT2D eigenvalue weighted by atomic mass is 10.2. The van der Waals surface area contributed by atoms with E-state index in [2.05, 4.69) is 15.2 Å². The molecule has 172 valence electrons. The summed E-state index contributed by atoms with van der Waals surface area (Å²) < 4.78 is 33.5. The zero-order chi connectivity index (χ0) is 23.4. The Morgan fingerprint density at radius 3 is 2.03 bits per heavy atom. The van der Waals surface area contributed by atoms with Crippen LogP contribution < -0.4 is 9.64 Å². The van der Waals surface area contributed by atoms with Crippen molar-refractivity contribution in [2.45, 2.75) is 4.90 Å². The molecule has 9 heteroatoms. The summed E-state index contributed by atoms with van der Waals surface area (Å²) >= 11 is 0. The van der Waals surface area contributed by atoms with Crippen molar-refractivity contribution >= 4 is 15.8 Å². The Balaban J connectivity index is 1.21. The van der Waals surface area contributed by atoms with Gasteiger partial charge in [-0.3, -0.25) is 4.98 Å². The largest absolute Gasteiger partial charge is 0.457 e. The summed E-state index contributed by atoms with van der Waals surface area (Å²) in [7, 11) is -3.59. The molecule has 2 aromatic heterocycles. The lowest BCUT2D eigenvalue weighted by molar-refractivity contribution is 0.383. The first-order valence-corrected chi connectivity index (χ1v) is 12.4. The van der Waals surface area contributed by atoms with Gasteiger partial charge < -0.3 is 9.64 Å². The zero-order valence-corrected chi connectivity index (χ0v) is 19.2. The summed E-state index contributed by atoms with van der Waals surface area (Å²) in [6.07, 6.45) is 1.72. The number of para-hydroxylation sites is 1. The van der Waals surface area contributed by atoms with E-state index in [-0.39, 0.29) is 4.90 Å². The first-order valence-electron chi connectivity index (χ1n) is 10.9. The molecule has 0 amide bonds. The van der Waals surface area contributed by atoms with E-state index >= 15 is 0 Å². The van der Waals surface area contributed by atoms with Gasteiger partial charge in [0.15, 0.2) is 5.82 Å². The van der Waals surface area contributed by atoms with Crippen LogP contribution in [0.15, 0.2) is 96.0 Å². The fourth-order valence-corrected chi connectivity index (χ4v) is 5.18. The van der Waals surface area contributed by atoms with E-state index in [1.165, 1.54) is 4.31 Å². The van der Waals surface area contributed by atoms with Crippen LogP contribution in [0.25, 0.3) is 11.4 Å². The summed E-state index contributed by atoms with van der Waals surface area (Å²) in [4.78, 5) is 6.58. The fourth-order valence-electron chi connectivity index (χ4n) is 3.76. The first kappa shape index (κ1) is 22.0. The van der Waals surface area contributed by atoms with E-state index in [4.69, 9.17) is 4.74 Å². The number of aromatic nitrogens is 3. The Morgan fingerprint density at radius 1 is 0.676 bits per heavy atom. The van der Waals surface area contributed by atoms with Crippen LogP contribution in [0.2, 0.25) is 0 Å². The van der Waals surface area contributed by atoms with Crippen molar-refractivity contribution in [3.63, 3.8) is 0 Å². The van der Waals surface area contributed by atoms with Crippen molar-refractivity contribution in [3.05, 3.63) is 91.1 Å². The van der Waals surface area contributed by atoms with Crippen LogP contribution >= 0.6 is 0 Å². The lowest BCUT2D eigenvalue weighted by Crippen LogP contribution is -2.48. The molecule has 0 unspecified atom stereocenters. The van der Waals surface area contributed by atoms with Gasteiger partial charge in [0.25, 0.3) is 0 Å². The highest BCUT2D eigenvalue weighted by Gasteiger charge is 2.29. The summed E-state index contributed by atoms with van der Waals surface area (Å²) in [5, 5.41) is 8.60. The monoisotopic (exact) mass is 473 g/mol. The van der Waals surface area contributed by atoms with Crippen molar-refractivity contribution in [1.82, 2.24) is 19.5 Å². The topological polar surface area (TPSA) is 88.5 Å². The number of ether oxygens (including phenoxy) is 1. The molecule has 1 aliphatic rings. The predicted molar refractivity (Wildman–Crippen MR) is 129 cm³/mol. The molecule has 0 radical (unpaired) electrons. The lowest BCUT2D eigenvalue weighted by Gasteiger charge is -2.34. The van der Waals surface area contributed by atoms with Crippen molar-refractivity contribution in [1.29, 1.82) is 0 Å². The molecule has 1 fully saturated rings. The molecule has 4 aromatic rings. The van der Waals surface area contributed by atoms with Gasteiger partial charge in [0.2, 0.25) is 10.0 Å². The molecule has 34 heavy (non-hydrogen) atoms. The van der Waals surface area contributed by atoms with E-state index in [1.54, 1.807) is 30.5 Å². The molecule has 2 aromatic carbocycles. The van der Waals surface area contributed by atoms with E-state index in [0.29, 0.717) is 43.4 Å². The maximum absolute atomic E-state index is 13.1. The second-order valence-corrected chi connectivity index (χ2v) is 9.71. The number of rotatable bonds is 6. The molecule has 0 spiro atoms. The van der Waals surface area contributed by atoms with E-state index < -0.39 is 10.0 Å². The molecule has 0 atom stereocenters. The van der Waals surface area contributed by atoms with E-state index in [9.17, 15) is 8.42 Å². The first-order chi connectivity index (χ1) is 16.6. The van der Waals surface area contributed by atoms with Crippen molar-refractivity contribution < 1.29 is 13.2 Å². The minimum absolute atomic E-state index is 0.251. The number of benzene rings is 2. The zero-order valence-electron chi connectivity index (χ0n) is 18.4. The Bertz CT molecular complexity index is 1330. The van der Waals surface area contributed by atoms with Crippen molar-refractivity contribution in [2.24, 2.45) is 0 Å². The summed E-state index contributed by atoms with van der Waals surface area (Å²) in [6.45, 7) is 1.81. The average molecular weight is 474 g/mol. The van der Waals surface area contributed by atoms with Gasteiger partial charge in [-0.05, 0) is 60.7 Å². The summed E-state index contributed by atoms with van der Waals surface area (Å²) in [5.74, 6) is 2.01. The third-order valence-electron chi connectivity index (χ3n) is 5.58. The number of hydrogen-bond donors (Lipinski definition) is 0. The van der Waals surface area contributed by atoms with Crippen LogP contribution in [0.1, 0.15) is 0 Å². The second-order valence-electron chi connectivity index (χ2n) is 7.77. The van der Waals surface area contributed by atoms with Gasteiger partial charge in [0.05, 0.1) is 10.6 Å². The SMILES string of the molecule is O=S(=O)(c1ccc(Oc2ccccc2)cc1)N1CCN(c2ccc(-c3ccccn3)nn2)CC1. The number of hydrogen-bond acceptors (Lipinski definition) is 7. The second kappa shape index (κ2) is 9.58. The van der Waals surface area contributed by atoms with Crippen LogP contribution in [0.3, 0.4) is 0 Å². The fraction of sp³-hybridized carbons (Fsp3) is 0.160. The highest BCUT2D eigenvalue weighted by molar-refractivity contribution is 7.89. The van der Waals surface area contributed by atoms with Crippen molar-refractivity contribution in [2.75, 3.05) is 31.1 Å². The standard InChI is InChI=1S/C25H23N5O3S/c31-34(32,22-11-9-21(10-12-22)33-20-6-2-1-3-7-20)30-18-16-29(17-19-30)25-14-13-24(27-28-25)23-8-4-5-15-26-23/h1-15H,16-19H2. The normalized spacial score (nSPS) is 14.6. The van der Waals surface area contributed by atoms with Crippen LogP contribution in [0.4, 0.5) is 5.82 Å². The summed E-state index contributed by atoms with van der Waals surface area (Å²) in [6, 6.07) is 25.3. The summed E-state index contributed by atoms with van der Waals surface area (Å²) in [5.41, 5.74) is 1.46. The molecule has 0 N–H and O–H groups in total. The molecular weight excluding hydrogens is 450 g/mol. The predicted octanol–water partition coefficient (Wildman–Crippen LogP) is 3.84. The average Bonchev–Trinajstić information content (AvgIpc) is 2.90. The minimum atomic E-state index is -3.59. The Morgan fingerprint density at radius 2 is 1.38 bits per heavy atom. The van der Waals surface area contributed by atoms with Gasteiger partial charge in [-0.15, -0.1) is 10.2 Å². The van der Waals surface area contributed by atoms with Crippen LogP contribution in [-0.4, -0.2) is 54.1 Å². The Hall–Kier alpha value is -3.82. The molecule has 0 bridgehead atoms. The minimum Gasteiger partial charge on any atom is -0.457 e. The van der Waals surface area contributed by atoms with Gasteiger partial charge in [-0.25, -0.2) is 8.42 Å². The highest BCUT2D eigenvalue weighted by atomic mass is 32.2. The van der Waals surface area contributed by atoms with E-state index in [1.807, 2.05) is 65.6 Å². The van der Waals surface area contributed by atoms with Gasteiger partial charge in [0.1, 0.15) is 17.2 Å².